The first-order valence-electron chi connectivity index (χ1n) is 13.9. The van der Waals surface area contributed by atoms with Crippen molar-refractivity contribution in [3.05, 3.63) is 180 Å². The molecule has 0 saturated carbocycles. The monoisotopic (exact) mass is 536 g/mol. The molecule has 2 nitrogen and oxygen atoms in total. The standard InChI is InChI=1S/C22H26N2Si.C14H11B/c1-3-10-19(2)17-25-22(24-16-15-23-18-24,20-11-6-4-7-12-20)21-13-8-5-9-14-21;15-11-14(12-7-3-1-4-8-12)13-9-5-2-6-10-13/h3-16,18-19H,17,25H2,1-2H3;1-11H. The second-order valence-corrected chi connectivity index (χ2v) is 12.0. The second-order valence-electron chi connectivity index (χ2n) is 9.92. The molecule has 5 aromatic rings. The molecule has 0 fully saturated rings. The van der Waals surface area contributed by atoms with Gasteiger partial charge in [-0.1, -0.05) is 146 Å². The predicted molar refractivity (Wildman–Crippen MR) is 174 cm³/mol. The van der Waals surface area contributed by atoms with E-state index in [1.54, 1.807) is 5.98 Å². The molecule has 5 rings (SSSR count). The van der Waals surface area contributed by atoms with Gasteiger partial charge >= 0.3 is 0 Å². The van der Waals surface area contributed by atoms with Crippen molar-refractivity contribution in [1.29, 1.82) is 0 Å². The van der Waals surface area contributed by atoms with Gasteiger partial charge in [-0.25, -0.2) is 4.98 Å². The Kier molecular flexibility index (Phi) is 10.7. The summed E-state index contributed by atoms with van der Waals surface area (Å²) in [6.45, 7) is 4.43. The molecule has 4 aromatic carbocycles. The highest BCUT2D eigenvalue weighted by atomic mass is 28.2. The van der Waals surface area contributed by atoms with E-state index < -0.39 is 9.52 Å². The maximum absolute atomic E-state index is 5.67. The van der Waals surface area contributed by atoms with Gasteiger partial charge < -0.3 is 4.57 Å². The average molecular weight is 537 g/mol. The maximum atomic E-state index is 5.67. The summed E-state index contributed by atoms with van der Waals surface area (Å²) in [5.74, 6) is 2.26. The minimum Gasteiger partial charge on any atom is -0.327 e. The lowest BCUT2D eigenvalue weighted by molar-refractivity contribution is 0.585. The van der Waals surface area contributed by atoms with Gasteiger partial charge in [-0.2, -0.15) is 0 Å². The van der Waals surface area contributed by atoms with Crippen molar-refractivity contribution in [3.63, 3.8) is 0 Å². The highest BCUT2D eigenvalue weighted by molar-refractivity contribution is 6.41. The third-order valence-electron chi connectivity index (χ3n) is 7.27. The fraction of sp³-hybridized carbons (Fsp3) is 0.139. The summed E-state index contributed by atoms with van der Waals surface area (Å²) < 4.78 is 2.33. The lowest BCUT2D eigenvalue weighted by Crippen LogP contribution is -2.42. The van der Waals surface area contributed by atoms with Crippen LogP contribution >= 0.6 is 0 Å². The van der Waals surface area contributed by atoms with E-state index >= 15 is 0 Å². The molecule has 4 heteroatoms. The summed E-state index contributed by atoms with van der Waals surface area (Å²) in [6.07, 6.45) is 10.5. The van der Waals surface area contributed by atoms with E-state index in [9.17, 15) is 0 Å². The third-order valence-corrected chi connectivity index (χ3v) is 10.4. The smallest absolute Gasteiger partial charge is 0.103 e. The molecule has 198 valence electrons. The molecule has 0 saturated heterocycles. The number of nitrogens with zero attached hydrogens (tertiary/aromatic N) is 2. The number of aromatic nitrogens is 2. The van der Waals surface area contributed by atoms with E-state index in [4.69, 9.17) is 7.85 Å². The first-order chi connectivity index (χ1) is 19.7. The number of imidazole rings is 1. The molecule has 1 unspecified atom stereocenters. The highest BCUT2D eigenvalue weighted by Gasteiger charge is 2.35. The molecule has 1 aromatic heterocycles. The third kappa shape index (κ3) is 7.08. The normalized spacial score (nSPS) is 12.2. The number of benzene rings is 4. The van der Waals surface area contributed by atoms with Crippen molar-refractivity contribution in [1.82, 2.24) is 9.55 Å². The predicted octanol–water partition coefficient (Wildman–Crippen LogP) is 7.68. The van der Waals surface area contributed by atoms with Crippen molar-refractivity contribution in [2.45, 2.75) is 25.1 Å². The quantitative estimate of drug-likeness (QED) is 0.140. The molecule has 0 spiro atoms. The van der Waals surface area contributed by atoms with Gasteiger partial charge in [0.1, 0.15) is 7.85 Å². The molecule has 0 bridgehead atoms. The Morgan fingerprint density at radius 3 is 1.68 bits per heavy atom. The fourth-order valence-corrected chi connectivity index (χ4v) is 7.81. The zero-order valence-corrected chi connectivity index (χ0v) is 24.9. The van der Waals surface area contributed by atoms with E-state index in [2.05, 4.69) is 127 Å². The molecule has 1 atom stereocenters. The van der Waals surface area contributed by atoms with Crippen LogP contribution in [0, 0.1) is 5.92 Å². The van der Waals surface area contributed by atoms with Gasteiger partial charge in [0.05, 0.1) is 21.0 Å². The van der Waals surface area contributed by atoms with Crippen LogP contribution in [0.2, 0.25) is 6.04 Å². The Morgan fingerprint density at radius 2 is 1.27 bits per heavy atom. The van der Waals surface area contributed by atoms with Gasteiger partial charge in [0, 0.05) is 12.4 Å². The number of rotatable bonds is 9. The minimum absolute atomic E-state index is 0.102. The van der Waals surface area contributed by atoms with Crippen LogP contribution in [0.3, 0.4) is 0 Å². The van der Waals surface area contributed by atoms with Gasteiger partial charge in [-0.05, 0) is 40.7 Å². The minimum atomic E-state index is -0.543. The summed E-state index contributed by atoms with van der Waals surface area (Å²) in [6, 6.07) is 43.4. The molecule has 40 heavy (non-hydrogen) atoms. The Balaban J connectivity index is 0.000000210. The van der Waals surface area contributed by atoms with Gasteiger partial charge in [0.2, 0.25) is 0 Å². The van der Waals surface area contributed by atoms with Crippen LogP contribution in [0.15, 0.2) is 158 Å². The largest absolute Gasteiger partial charge is 0.327 e. The van der Waals surface area contributed by atoms with Crippen molar-refractivity contribution < 1.29 is 0 Å². The first-order valence-corrected chi connectivity index (χ1v) is 15.6. The van der Waals surface area contributed by atoms with Crippen LogP contribution in [0.1, 0.15) is 36.1 Å². The summed E-state index contributed by atoms with van der Waals surface area (Å²) in [5.41, 5.74) is 6.07. The van der Waals surface area contributed by atoms with Crippen LogP contribution in [0.4, 0.5) is 0 Å². The molecule has 0 amide bonds. The summed E-state index contributed by atoms with van der Waals surface area (Å²) in [5, 5.41) is -0.102. The lowest BCUT2D eigenvalue weighted by Gasteiger charge is -2.37. The molecule has 2 radical (unpaired) electrons. The summed E-state index contributed by atoms with van der Waals surface area (Å²) >= 11 is 0. The maximum Gasteiger partial charge on any atom is 0.103 e. The van der Waals surface area contributed by atoms with Crippen LogP contribution < -0.4 is 0 Å². The zero-order valence-electron chi connectivity index (χ0n) is 23.5. The molecule has 0 aliphatic rings. The Hall–Kier alpha value is -4.15. The SMILES string of the molecule is CC=CC(C)C[SiH2]C(c1ccccc1)(c1ccccc1)n1ccnc1.[B]C=C(c1ccccc1)c1ccccc1. The molecule has 0 aliphatic heterocycles. The van der Waals surface area contributed by atoms with Crippen LogP contribution in [0.25, 0.3) is 5.57 Å². The zero-order chi connectivity index (χ0) is 28.0. The van der Waals surface area contributed by atoms with Crippen LogP contribution in [0.5, 0.6) is 0 Å². The topological polar surface area (TPSA) is 17.8 Å². The van der Waals surface area contributed by atoms with Gasteiger partial charge in [-0.3, -0.25) is 0 Å². The molecular weight excluding hydrogens is 499 g/mol. The van der Waals surface area contributed by atoms with Crippen LogP contribution in [-0.4, -0.2) is 26.9 Å². The molecule has 1 heterocycles. The van der Waals surface area contributed by atoms with Gasteiger partial charge in [-0.15, -0.1) is 5.98 Å². The van der Waals surface area contributed by atoms with E-state index in [-0.39, 0.29) is 5.16 Å². The Morgan fingerprint density at radius 1 is 0.800 bits per heavy atom. The van der Waals surface area contributed by atoms with Crippen molar-refractivity contribution >= 4 is 22.9 Å². The van der Waals surface area contributed by atoms with Gasteiger partial charge in [0.15, 0.2) is 0 Å². The number of allylic oxidation sites excluding steroid dienone is 2. The van der Waals surface area contributed by atoms with Gasteiger partial charge in [0.25, 0.3) is 0 Å². The van der Waals surface area contributed by atoms with E-state index in [1.807, 2.05) is 48.9 Å². The summed E-state index contributed by atoms with van der Waals surface area (Å²) in [7, 11) is 5.13. The first kappa shape index (κ1) is 28.8. The molecule has 0 aliphatic carbocycles. The second kappa shape index (κ2) is 14.9. The average Bonchev–Trinajstić information content (AvgIpc) is 3.56. The summed E-state index contributed by atoms with van der Waals surface area (Å²) in [4.78, 5) is 4.37. The highest BCUT2D eigenvalue weighted by Crippen LogP contribution is 2.35. The fourth-order valence-electron chi connectivity index (χ4n) is 5.25. The molecule has 0 N–H and O–H groups in total. The van der Waals surface area contributed by atoms with E-state index in [0.717, 1.165) is 16.7 Å². The Labute approximate surface area is 243 Å². The van der Waals surface area contributed by atoms with Crippen molar-refractivity contribution in [3.8, 4) is 0 Å². The number of hydrogen-bond acceptors (Lipinski definition) is 1. The van der Waals surface area contributed by atoms with Crippen LogP contribution in [-0.2, 0) is 5.16 Å². The number of hydrogen-bond donors (Lipinski definition) is 0. The van der Waals surface area contributed by atoms with E-state index in [1.165, 1.54) is 17.2 Å². The molecular formula is C36H37BN2Si. The Bertz CT molecular complexity index is 1370. The van der Waals surface area contributed by atoms with E-state index in [0.29, 0.717) is 5.92 Å². The van der Waals surface area contributed by atoms with Crippen molar-refractivity contribution in [2.75, 3.05) is 0 Å². The lowest BCUT2D eigenvalue weighted by atomic mass is 9.92. The van der Waals surface area contributed by atoms with Crippen molar-refractivity contribution in [2.24, 2.45) is 5.92 Å².